The molecule has 0 fully saturated rings. The van der Waals surface area contributed by atoms with Gasteiger partial charge in [-0.2, -0.15) is 16.5 Å². The van der Waals surface area contributed by atoms with E-state index in [1.807, 2.05) is 31.4 Å². The predicted molar refractivity (Wildman–Crippen MR) is 122 cm³/mol. The lowest BCUT2D eigenvalue weighted by Gasteiger charge is -2.26. The van der Waals surface area contributed by atoms with Crippen LogP contribution in [-0.2, 0) is 21.4 Å². The van der Waals surface area contributed by atoms with Crippen LogP contribution in [-0.4, -0.2) is 43.8 Å². The van der Waals surface area contributed by atoms with Gasteiger partial charge in [-0.1, -0.05) is 42.5 Å². The first-order chi connectivity index (χ1) is 14.3. The summed E-state index contributed by atoms with van der Waals surface area (Å²) < 4.78 is 41.1. The van der Waals surface area contributed by atoms with Gasteiger partial charge in [0.2, 0.25) is 15.9 Å². The molecule has 0 spiro atoms. The van der Waals surface area contributed by atoms with Gasteiger partial charge in [0.25, 0.3) is 0 Å². The second-order valence-electron chi connectivity index (χ2n) is 6.69. The van der Waals surface area contributed by atoms with Crippen molar-refractivity contribution in [1.82, 2.24) is 9.62 Å². The van der Waals surface area contributed by atoms with E-state index < -0.39 is 16.1 Å². The number of sulfonamides is 1. The number of likely N-dealkylation sites (N-methyl/N-ethyl adjacent to an activating group) is 1. The first kappa shape index (κ1) is 24.1. The number of benzene rings is 2. The highest BCUT2D eigenvalue weighted by Gasteiger charge is 2.27. The van der Waals surface area contributed by atoms with Gasteiger partial charge in [-0.15, -0.1) is 0 Å². The largest absolute Gasteiger partial charge is 0.337 e. The molecule has 162 valence electrons. The molecule has 1 atom stereocenters. The molecular formula is C22H27FN2O3S2. The summed E-state index contributed by atoms with van der Waals surface area (Å²) in [6.45, 7) is 2.41. The number of halogens is 1. The van der Waals surface area contributed by atoms with Crippen LogP contribution in [0.5, 0.6) is 0 Å². The second kappa shape index (κ2) is 11.9. The Bertz CT molecular complexity index is 950. The van der Waals surface area contributed by atoms with E-state index in [4.69, 9.17) is 0 Å². The number of rotatable bonds is 11. The quantitative estimate of drug-likeness (QED) is 0.564. The van der Waals surface area contributed by atoms with Crippen LogP contribution in [0.25, 0.3) is 6.08 Å². The maximum Gasteiger partial charge on any atom is 0.241 e. The van der Waals surface area contributed by atoms with Crippen LogP contribution in [0.1, 0.15) is 24.5 Å². The molecule has 2 rings (SSSR count). The zero-order valence-electron chi connectivity index (χ0n) is 17.1. The van der Waals surface area contributed by atoms with Crippen LogP contribution in [0.15, 0.2) is 60.0 Å². The molecule has 2 aromatic rings. The molecule has 8 heteroatoms. The lowest BCUT2D eigenvalue weighted by molar-refractivity contribution is -0.133. The maximum absolute atomic E-state index is 13.5. The summed E-state index contributed by atoms with van der Waals surface area (Å²) in [5.74, 6) is -0.0760. The van der Waals surface area contributed by atoms with E-state index in [0.717, 1.165) is 11.0 Å². The van der Waals surface area contributed by atoms with Crippen molar-refractivity contribution in [1.29, 1.82) is 0 Å². The van der Waals surface area contributed by atoms with Crippen molar-refractivity contribution in [3.8, 4) is 0 Å². The van der Waals surface area contributed by atoms with E-state index >= 15 is 0 Å². The Labute approximate surface area is 182 Å². The number of thioether (sulfide) groups is 1. The van der Waals surface area contributed by atoms with E-state index in [9.17, 15) is 17.6 Å². The zero-order chi connectivity index (χ0) is 22.0. The van der Waals surface area contributed by atoms with Gasteiger partial charge in [-0.25, -0.2) is 12.8 Å². The Morgan fingerprint density at radius 1 is 1.20 bits per heavy atom. The van der Waals surface area contributed by atoms with E-state index in [1.165, 1.54) is 34.9 Å². The minimum absolute atomic E-state index is 0.213. The first-order valence-corrected chi connectivity index (χ1v) is 12.6. The zero-order valence-corrected chi connectivity index (χ0v) is 18.8. The molecule has 1 N–H and O–H groups in total. The lowest BCUT2D eigenvalue weighted by atomic mass is 10.1. The first-order valence-electron chi connectivity index (χ1n) is 9.62. The minimum Gasteiger partial charge on any atom is -0.337 e. The SMILES string of the molecule is CCN(Cc1cccc(F)c1)C(=O)C(CCSC)NS(=O)(=O)/C=C/c1ccccc1. The van der Waals surface area contributed by atoms with Gasteiger partial charge in [-0.3, -0.25) is 4.79 Å². The van der Waals surface area contributed by atoms with Gasteiger partial charge in [0, 0.05) is 18.5 Å². The van der Waals surface area contributed by atoms with E-state index in [2.05, 4.69) is 4.72 Å². The van der Waals surface area contributed by atoms with E-state index in [-0.39, 0.29) is 18.3 Å². The molecule has 5 nitrogen and oxygen atoms in total. The summed E-state index contributed by atoms with van der Waals surface area (Å²) in [4.78, 5) is 14.6. The second-order valence-corrected chi connectivity index (χ2v) is 9.28. The summed E-state index contributed by atoms with van der Waals surface area (Å²) in [5.41, 5.74) is 1.40. The molecule has 2 aromatic carbocycles. The Morgan fingerprint density at radius 2 is 1.93 bits per heavy atom. The van der Waals surface area contributed by atoms with Crippen molar-refractivity contribution in [2.45, 2.75) is 25.9 Å². The van der Waals surface area contributed by atoms with Crippen molar-refractivity contribution in [2.24, 2.45) is 0 Å². The van der Waals surface area contributed by atoms with Crippen LogP contribution in [0.2, 0.25) is 0 Å². The smallest absolute Gasteiger partial charge is 0.241 e. The van der Waals surface area contributed by atoms with Crippen LogP contribution < -0.4 is 4.72 Å². The molecule has 0 radical (unpaired) electrons. The summed E-state index contributed by atoms with van der Waals surface area (Å²) in [6, 6.07) is 14.2. The third kappa shape index (κ3) is 7.93. The van der Waals surface area contributed by atoms with Crippen molar-refractivity contribution < 1.29 is 17.6 Å². The number of hydrogen-bond donors (Lipinski definition) is 1. The van der Waals surface area contributed by atoms with E-state index in [1.54, 1.807) is 24.3 Å². The topological polar surface area (TPSA) is 66.5 Å². The Kier molecular flexibility index (Phi) is 9.55. The number of nitrogens with one attached hydrogen (secondary N) is 1. The molecule has 1 amide bonds. The maximum atomic E-state index is 13.5. The fraction of sp³-hybridized carbons (Fsp3) is 0.318. The van der Waals surface area contributed by atoms with Crippen LogP contribution >= 0.6 is 11.8 Å². The monoisotopic (exact) mass is 450 g/mol. The lowest BCUT2D eigenvalue weighted by Crippen LogP contribution is -2.48. The molecule has 0 aromatic heterocycles. The molecule has 0 bridgehead atoms. The average molecular weight is 451 g/mol. The average Bonchev–Trinajstić information content (AvgIpc) is 2.74. The Morgan fingerprint density at radius 3 is 2.57 bits per heavy atom. The van der Waals surface area contributed by atoms with Gasteiger partial charge in [0.1, 0.15) is 11.9 Å². The number of amides is 1. The van der Waals surface area contributed by atoms with Gasteiger partial charge < -0.3 is 4.90 Å². The Balaban J connectivity index is 2.15. The third-order valence-corrected chi connectivity index (χ3v) is 6.16. The number of nitrogens with zero attached hydrogens (tertiary/aromatic N) is 1. The van der Waals surface area contributed by atoms with Crippen molar-refractivity contribution in [3.05, 3.63) is 76.9 Å². The van der Waals surface area contributed by atoms with Gasteiger partial charge in [0.15, 0.2) is 0 Å². The molecule has 0 saturated carbocycles. The predicted octanol–water partition coefficient (Wildman–Crippen LogP) is 3.89. The Hall–Kier alpha value is -2.16. The highest BCUT2D eigenvalue weighted by atomic mass is 32.2. The number of hydrogen-bond acceptors (Lipinski definition) is 4. The molecular weight excluding hydrogens is 423 g/mol. The fourth-order valence-corrected chi connectivity index (χ4v) is 4.36. The molecule has 0 heterocycles. The standard InChI is InChI=1S/C22H27FN2O3S2/c1-3-25(17-19-10-7-11-20(23)16-19)22(26)21(12-14-29-2)24-30(27,28)15-13-18-8-5-4-6-9-18/h4-11,13,15-16,21,24H,3,12,14,17H2,1-2H3/b15-13+. The van der Waals surface area contributed by atoms with Gasteiger partial charge in [-0.05, 0) is 54.7 Å². The van der Waals surface area contributed by atoms with Crippen molar-refractivity contribution >= 4 is 33.8 Å². The number of carbonyl (C=O) groups is 1. The molecule has 0 aliphatic carbocycles. The van der Waals surface area contributed by atoms with E-state index in [0.29, 0.717) is 24.3 Å². The summed E-state index contributed by atoms with van der Waals surface area (Å²) in [6.07, 6.45) is 3.75. The van der Waals surface area contributed by atoms with Crippen LogP contribution in [0, 0.1) is 5.82 Å². The van der Waals surface area contributed by atoms with Crippen LogP contribution in [0.3, 0.4) is 0 Å². The molecule has 0 saturated heterocycles. The summed E-state index contributed by atoms with van der Waals surface area (Å²) in [7, 11) is -3.82. The molecule has 0 aliphatic heterocycles. The molecule has 1 unspecified atom stereocenters. The highest BCUT2D eigenvalue weighted by Crippen LogP contribution is 2.12. The summed E-state index contributed by atoms with van der Waals surface area (Å²) in [5, 5.41) is 1.07. The van der Waals surface area contributed by atoms with Crippen molar-refractivity contribution in [2.75, 3.05) is 18.6 Å². The molecule has 0 aliphatic rings. The minimum atomic E-state index is -3.82. The third-order valence-electron chi connectivity index (χ3n) is 4.41. The molecule has 30 heavy (non-hydrogen) atoms. The normalized spacial score (nSPS) is 12.8. The van der Waals surface area contributed by atoms with Gasteiger partial charge in [0.05, 0.1) is 0 Å². The fourth-order valence-electron chi connectivity index (χ4n) is 2.86. The number of carbonyl (C=O) groups excluding carboxylic acids is 1. The van der Waals surface area contributed by atoms with Gasteiger partial charge >= 0.3 is 0 Å². The highest BCUT2D eigenvalue weighted by molar-refractivity contribution is 7.98. The van der Waals surface area contributed by atoms with Crippen LogP contribution in [0.4, 0.5) is 4.39 Å². The van der Waals surface area contributed by atoms with Crippen molar-refractivity contribution in [3.63, 3.8) is 0 Å². The summed E-state index contributed by atoms with van der Waals surface area (Å²) >= 11 is 1.54.